The summed E-state index contributed by atoms with van der Waals surface area (Å²) in [6.45, 7) is 1.87. The lowest BCUT2D eigenvalue weighted by Crippen LogP contribution is -2.37. The standard InChI is InChI=1S/C16H16N4O3/c1-10-7-8-13(19-18-11-5-3-2-4-6-11)14-17-9-12(16(22)23)15(21)20(10)14/h2-6,9-10,18H,7-8H2,1H3,(H,22,23)/b19-13+. The Balaban J connectivity index is 2.01. The number of rotatable bonds is 3. The van der Waals surface area contributed by atoms with Crippen LogP contribution in [0.25, 0.3) is 0 Å². The highest BCUT2D eigenvalue weighted by molar-refractivity contribution is 5.99. The lowest BCUT2D eigenvalue weighted by atomic mass is 10.0. The van der Waals surface area contributed by atoms with Crippen molar-refractivity contribution in [1.82, 2.24) is 9.55 Å². The molecule has 0 fully saturated rings. The third kappa shape index (κ3) is 2.85. The Morgan fingerprint density at radius 2 is 2.13 bits per heavy atom. The van der Waals surface area contributed by atoms with Crippen LogP contribution in [-0.4, -0.2) is 26.3 Å². The summed E-state index contributed by atoms with van der Waals surface area (Å²) in [5.41, 5.74) is 3.55. The van der Waals surface area contributed by atoms with Gasteiger partial charge in [-0.3, -0.25) is 14.8 Å². The Hall–Kier alpha value is -2.96. The molecule has 3 rings (SSSR count). The normalized spacial score (nSPS) is 18.5. The zero-order valence-corrected chi connectivity index (χ0v) is 12.6. The molecule has 7 heteroatoms. The van der Waals surface area contributed by atoms with Crippen LogP contribution in [0, 0.1) is 0 Å². The third-order valence-corrected chi connectivity index (χ3v) is 3.82. The van der Waals surface area contributed by atoms with E-state index < -0.39 is 11.5 Å². The molecule has 1 atom stereocenters. The topological polar surface area (TPSA) is 96.6 Å². The van der Waals surface area contributed by atoms with E-state index in [1.54, 1.807) is 0 Å². The Labute approximate surface area is 132 Å². The first kappa shape index (κ1) is 15.0. The number of hydrazone groups is 1. The van der Waals surface area contributed by atoms with Gasteiger partial charge >= 0.3 is 5.97 Å². The first-order chi connectivity index (χ1) is 11.1. The highest BCUT2D eigenvalue weighted by Gasteiger charge is 2.26. The average Bonchev–Trinajstić information content (AvgIpc) is 2.55. The van der Waals surface area contributed by atoms with Gasteiger partial charge in [0.25, 0.3) is 5.56 Å². The van der Waals surface area contributed by atoms with Gasteiger partial charge in [0.1, 0.15) is 11.3 Å². The van der Waals surface area contributed by atoms with Gasteiger partial charge < -0.3 is 5.11 Å². The van der Waals surface area contributed by atoms with E-state index in [4.69, 9.17) is 5.11 Å². The van der Waals surface area contributed by atoms with Crippen LogP contribution in [0.4, 0.5) is 5.69 Å². The van der Waals surface area contributed by atoms with E-state index >= 15 is 0 Å². The van der Waals surface area contributed by atoms with Crippen LogP contribution in [0.1, 0.15) is 42.0 Å². The molecule has 7 nitrogen and oxygen atoms in total. The number of hydrogen-bond acceptors (Lipinski definition) is 5. The molecule has 2 heterocycles. The molecule has 118 valence electrons. The smallest absolute Gasteiger partial charge is 0.342 e. The lowest BCUT2D eigenvalue weighted by molar-refractivity contribution is 0.0693. The van der Waals surface area contributed by atoms with Crippen molar-refractivity contribution in [1.29, 1.82) is 0 Å². The van der Waals surface area contributed by atoms with Crippen molar-refractivity contribution in [3.05, 3.63) is 58.3 Å². The van der Waals surface area contributed by atoms with Gasteiger partial charge in [-0.05, 0) is 31.9 Å². The highest BCUT2D eigenvalue weighted by atomic mass is 16.4. The molecule has 0 radical (unpaired) electrons. The summed E-state index contributed by atoms with van der Waals surface area (Å²) in [4.78, 5) is 27.6. The monoisotopic (exact) mass is 312 g/mol. The maximum atomic E-state index is 12.4. The van der Waals surface area contributed by atoms with Crippen LogP contribution in [0.5, 0.6) is 0 Å². The van der Waals surface area contributed by atoms with E-state index in [1.807, 2.05) is 37.3 Å². The van der Waals surface area contributed by atoms with Crippen molar-refractivity contribution in [2.45, 2.75) is 25.8 Å². The number of carboxylic acids is 1. The fourth-order valence-electron chi connectivity index (χ4n) is 2.58. The van der Waals surface area contributed by atoms with Gasteiger partial charge in [-0.1, -0.05) is 18.2 Å². The summed E-state index contributed by atoms with van der Waals surface area (Å²) < 4.78 is 1.42. The first-order valence-electron chi connectivity index (χ1n) is 7.30. The summed E-state index contributed by atoms with van der Waals surface area (Å²) in [6, 6.07) is 9.33. The second-order valence-electron chi connectivity index (χ2n) is 5.40. The Bertz CT molecular complexity index is 827. The summed E-state index contributed by atoms with van der Waals surface area (Å²) in [7, 11) is 0. The highest BCUT2D eigenvalue weighted by Crippen LogP contribution is 2.22. The summed E-state index contributed by atoms with van der Waals surface area (Å²) >= 11 is 0. The number of para-hydroxylation sites is 1. The van der Waals surface area contributed by atoms with E-state index in [0.717, 1.165) is 11.9 Å². The molecule has 1 aromatic heterocycles. The van der Waals surface area contributed by atoms with E-state index in [9.17, 15) is 9.59 Å². The van der Waals surface area contributed by atoms with Crippen molar-refractivity contribution in [3.63, 3.8) is 0 Å². The van der Waals surface area contributed by atoms with Crippen LogP contribution in [-0.2, 0) is 0 Å². The Morgan fingerprint density at radius 3 is 2.83 bits per heavy atom. The maximum Gasteiger partial charge on any atom is 0.342 e. The molecule has 0 saturated heterocycles. The number of hydrogen-bond donors (Lipinski definition) is 2. The van der Waals surface area contributed by atoms with Crippen LogP contribution in [0.3, 0.4) is 0 Å². The van der Waals surface area contributed by atoms with Crippen molar-refractivity contribution in [2.75, 3.05) is 5.43 Å². The fourth-order valence-corrected chi connectivity index (χ4v) is 2.58. The molecule has 2 N–H and O–H groups in total. The SMILES string of the molecule is CC1CC/C(=N\Nc2ccccc2)c2ncc(C(=O)O)c(=O)n21. The average molecular weight is 312 g/mol. The number of nitrogens with zero attached hydrogens (tertiary/aromatic N) is 3. The van der Waals surface area contributed by atoms with Gasteiger partial charge in [0.2, 0.25) is 0 Å². The molecule has 0 saturated carbocycles. The molecule has 1 aliphatic rings. The molecule has 1 aliphatic heterocycles. The lowest BCUT2D eigenvalue weighted by Gasteiger charge is -2.25. The summed E-state index contributed by atoms with van der Waals surface area (Å²) in [6.07, 6.45) is 2.47. The minimum absolute atomic E-state index is 0.111. The van der Waals surface area contributed by atoms with Gasteiger partial charge in [-0.2, -0.15) is 5.10 Å². The predicted molar refractivity (Wildman–Crippen MR) is 86.0 cm³/mol. The number of aromatic carboxylic acids is 1. The number of benzene rings is 1. The molecule has 2 aromatic rings. The molecule has 0 amide bonds. The molecule has 0 aliphatic carbocycles. The minimum atomic E-state index is -1.27. The predicted octanol–water partition coefficient (Wildman–Crippen LogP) is 2.11. The second kappa shape index (κ2) is 6.04. The number of aromatic nitrogens is 2. The van der Waals surface area contributed by atoms with Gasteiger partial charge in [0, 0.05) is 12.2 Å². The quantitative estimate of drug-likeness (QED) is 0.846. The van der Waals surface area contributed by atoms with Crippen molar-refractivity contribution < 1.29 is 9.90 Å². The van der Waals surface area contributed by atoms with E-state index in [1.165, 1.54) is 4.57 Å². The number of fused-ring (bicyclic) bond motifs is 1. The number of nitrogens with one attached hydrogen (secondary N) is 1. The Morgan fingerprint density at radius 1 is 1.39 bits per heavy atom. The molecule has 23 heavy (non-hydrogen) atoms. The number of anilines is 1. The van der Waals surface area contributed by atoms with Crippen LogP contribution in [0.15, 0.2) is 46.4 Å². The van der Waals surface area contributed by atoms with Crippen LogP contribution in [0.2, 0.25) is 0 Å². The zero-order chi connectivity index (χ0) is 16.4. The van der Waals surface area contributed by atoms with Gasteiger partial charge in [0.05, 0.1) is 5.69 Å². The maximum absolute atomic E-state index is 12.4. The van der Waals surface area contributed by atoms with Crippen molar-refractivity contribution >= 4 is 17.4 Å². The molecular formula is C16H16N4O3. The molecule has 0 bridgehead atoms. The van der Waals surface area contributed by atoms with Gasteiger partial charge in [-0.15, -0.1) is 0 Å². The van der Waals surface area contributed by atoms with E-state index in [0.29, 0.717) is 24.4 Å². The van der Waals surface area contributed by atoms with E-state index in [2.05, 4.69) is 15.5 Å². The van der Waals surface area contributed by atoms with Crippen molar-refractivity contribution in [3.8, 4) is 0 Å². The first-order valence-corrected chi connectivity index (χ1v) is 7.30. The molecule has 1 unspecified atom stereocenters. The molecular weight excluding hydrogens is 296 g/mol. The summed E-state index contributed by atoms with van der Waals surface area (Å²) in [5.74, 6) is -0.848. The van der Waals surface area contributed by atoms with Crippen LogP contribution < -0.4 is 11.0 Å². The fraction of sp³-hybridized carbons (Fsp3) is 0.250. The van der Waals surface area contributed by atoms with Gasteiger partial charge in [0.15, 0.2) is 5.82 Å². The van der Waals surface area contributed by atoms with Gasteiger partial charge in [-0.25, -0.2) is 9.78 Å². The minimum Gasteiger partial charge on any atom is -0.477 e. The molecule has 0 spiro atoms. The second-order valence-corrected chi connectivity index (χ2v) is 5.40. The van der Waals surface area contributed by atoms with Crippen LogP contribution >= 0.6 is 0 Å². The Kier molecular flexibility index (Phi) is 3.92. The summed E-state index contributed by atoms with van der Waals surface area (Å²) in [5, 5.41) is 13.4. The molecule has 1 aromatic carbocycles. The number of carbonyl (C=O) groups is 1. The number of carboxylic acid groups (broad SMARTS) is 1. The third-order valence-electron chi connectivity index (χ3n) is 3.82. The largest absolute Gasteiger partial charge is 0.477 e. The van der Waals surface area contributed by atoms with E-state index in [-0.39, 0.29) is 11.6 Å². The van der Waals surface area contributed by atoms with Crippen molar-refractivity contribution in [2.24, 2.45) is 5.10 Å². The zero-order valence-electron chi connectivity index (χ0n) is 12.6.